The molecule has 2 aromatic carbocycles. The van der Waals surface area contributed by atoms with Crippen LogP contribution in [0.25, 0.3) is 22.1 Å². The normalized spacial score (nSPS) is 10.8. The third kappa shape index (κ3) is 4.28. The Morgan fingerprint density at radius 1 is 1.00 bits per heavy atom. The van der Waals surface area contributed by atoms with Crippen LogP contribution in [-0.2, 0) is 0 Å². The molecule has 0 aliphatic rings. The van der Waals surface area contributed by atoms with Gasteiger partial charge in [-0.2, -0.15) is 0 Å². The molecule has 26 heavy (non-hydrogen) atoms. The van der Waals surface area contributed by atoms with E-state index in [9.17, 15) is 4.79 Å². The summed E-state index contributed by atoms with van der Waals surface area (Å²) in [6, 6.07) is 12.7. The summed E-state index contributed by atoms with van der Waals surface area (Å²) in [5, 5.41) is 1.56. The molecule has 136 valence electrons. The van der Waals surface area contributed by atoms with Gasteiger partial charge in [0.05, 0.1) is 24.7 Å². The second-order valence-corrected chi connectivity index (χ2v) is 6.76. The van der Waals surface area contributed by atoms with Crippen LogP contribution in [0.4, 0.5) is 0 Å². The summed E-state index contributed by atoms with van der Waals surface area (Å²) < 4.78 is 16.6. The largest absolute Gasteiger partial charge is 0.497 e. The van der Waals surface area contributed by atoms with Crippen LogP contribution in [0.15, 0.2) is 57.9 Å². The number of alkyl halides is 1. The molecule has 0 bridgehead atoms. The molecule has 1 aromatic heterocycles. The number of rotatable bonds is 8. The number of unbranched alkanes of at least 4 members (excludes halogenated alkanes) is 2. The van der Waals surface area contributed by atoms with Crippen molar-refractivity contribution in [3.05, 3.63) is 59.0 Å². The van der Waals surface area contributed by atoms with Crippen molar-refractivity contribution in [3.8, 4) is 22.6 Å². The number of halogens is 1. The summed E-state index contributed by atoms with van der Waals surface area (Å²) in [5.74, 6) is 1.47. The monoisotopic (exact) mass is 416 g/mol. The quantitative estimate of drug-likeness (QED) is 0.363. The van der Waals surface area contributed by atoms with Gasteiger partial charge in [-0.1, -0.05) is 28.1 Å². The molecule has 4 nitrogen and oxygen atoms in total. The standard InChI is InChI=1S/C21H21BrO4/c1-24-16-7-5-15(6-8-16)19-14-26-20-13-17(9-10-18(20)21(19)23)25-12-4-2-3-11-22/h5-10,13-14H,2-4,11-12H2,1H3. The van der Waals surface area contributed by atoms with Gasteiger partial charge >= 0.3 is 0 Å². The van der Waals surface area contributed by atoms with Crippen LogP contribution < -0.4 is 14.9 Å². The number of hydrogen-bond acceptors (Lipinski definition) is 4. The highest BCUT2D eigenvalue weighted by Crippen LogP contribution is 2.24. The van der Waals surface area contributed by atoms with Crippen molar-refractivity contribution in [3.63, 3.8) is 0 Å². The Kier molecular flexibility index (Phi) is 6.34. The lowest BCUT2D eigenvalue weighted by molar-refractivity contribution is 0.306. The lowest BCUT2D eigenvalue weighted by Crippen LogP contribution is -2.05. The fourth-order valence-corrected chi connectivity index (χ4v) is 3.13. The first kappa shape index (κ1) is 18.5. The van der Waals surface area contributed by atoms with Crippen molar-refractivity contribution >= 4 is 26.9 Å². The first-order chi connectivity index (χ1) is 12.7. The van der Waals surface area contributed by atoms with Gasteiger partial charge in [0.2, 0.25) is 0 Å². The topological polar surface area (TPSA) is 48.7 Å². The van der Waals surface area contributed by atoms with E-state index in [1.807, 2.05) is 30.3 Å². The van der Waals surface area contributed by atoms with Crippen molar-refractivity contribution in [1.29, 1.82) is 0 Å². The van der Waals surface area contributed by atoms with E-state index < -0.39 is 0 Å². The van der Waals surface area contributed by atoms with Crippen LogP contribution in [0.5, 0.6) is 11.5 Å². The van der Waals surface area contributed by atoms with Gasteiger partial charge < -0.3 is 13.9 Å². The minimum atomic E-state index is -0.0553. The molecule has 0 aliphatic heterocycles. The first-order valence-electron chi connectivity index (χ1n) is 8.61. The third-order valence-corrected chi connectivity index (χ3v) is 4.75. The zero-order valence-electron chi connectivity index (χ0n) is 14.7. The molecule has 0 saturated heterocycles. The SMILES string of the molecule is COc1ccc(-c2coc3cc(OCCCCCBr)ccc3c2=O)cc1. The molecule has 0 spiro atoms. The maximum Gasteiger partial charge on any atom is 0.200 e. The average Bonchev–Trinajstić information content (AvgIpc) is 2.68. The zero-order valence-corrected chi connectivity index (χ0v) is 16.3. The second kappa shape index (κ2) is 8.90. The molecular weight excluding hydrogens is 396 g/mol. The molecule has 0 unspecified atom stereocenters. The van der Waals surface area contributed by atoms with E-state index in [2.05, 4.69) is 15.9 Å². The van der Waals surface area contributed by atoms with Crippen molar-refractivity contribution in [2.45, 2.75) is 19.3 Å². The maximum absolute atomic E-state index is 12.8. The van der Waals surface area contributed by atoms with E-state index in [0.29, 0.717) is 23.1 Å². The molecule has 3 rings (SSSR count). The molecule has 0 atom stereocenters. The Balaban J connectivity index is 1.81. The highest BCUT2D eigenvalue weighted by Gasteiger charge is 2.10. The van der Waals surface area contributed by atoms with Gasteiger partial charge in [0.25, 0.3) is 0 Å². The van der Waals surface area contributed by atoms with Crippen LogP contribution >= 0.6 is 15.9 Å². The predicted molar refractivity (Wildman–Crippen MR) is 108 cm³/mol. The summed E-state index contributed by atoms with van der Waals surface area (Å²) in [6.07, 6.45) is 4.78. The van der Waals surface area contributed by atoms with Crippen molar-refractivity contribution in [1.82, 2.24) is 0 Å². The number of ether oxygens (including phenoxy) is 2. The fraction of sp³-hybridized carbons (Fsp3) is 0.286. The van der Waals surface area contributed by atoms with Crippen LogP contribution in [0.1, 0.15) is 19.3 Å². The van der Waals surface area contributed by atoms with Gasteiger partial charge in [-0.05, 0) is 49.1 Å². The lowest BCUT2D eigenvalue weighted by Gasteiger charge is -2.08. The number of benzene rings is 2. The highest BCUT2D eigenvalue weighted by molar-refractivity contribution is 9.09. The smallest absolute Gasteiger partial charge is 0.200 e. The Labute approximate surface area is 160 Å². The molecule has 0 fully saturated rings. The number of fused-ring (bicyclic) bond motifs is 1. The predicted octanol–water partition coefficient (Wildman–Crippen LogP) is 5.41. The Morgan fingerprint density at radius 2 is 1.77 bits per heavy atom. The molecule has 0 aliphatic carbocycles. The Hall–Kier alpha value is -2.27. The molecule has 5 heteroatoms. The van der Waals surface area contributed by atoms with Crippen molar-refractivity contribution in [2.24, 2.45) is 0 Å². The maximum atomic E-state index is 12.8. The molecule has 0 radical (unpaired) electrons. The van der Waals surface area contributed by atoms with E-state index in [-0.39, 0.29) is 5.43 Å². The molecule has 0 saturated carbocycles. The molecule has 0 N–H and O–H groups in total. The Bertz CT molecular complexity index is 915. The van der Waals surface area contributed by atoms with Gasteiger partial charge in [0, 0.05) is 11.4 Å². The summed E-state index contributed by atoms with van der Waals surface area (Å²) in [6.45, 7) is 0.659. The summed E-state index contributed by atoms with van der Waals surface area (Å²) in [4.78, 5) is 12.8. The van der Waals surface area contributed by atoms with E-state index in [4.69, 9.17) is 13.9 Å². The van der Waals surface area contributed by atoms with Crippen molar-refractivity contribution in [2.75, 3.05) is 19.0 Å². The minimum Gasteiger partial charge on any atom is -0.497 e. The average molecular weight is 417 g/mol. The van der Waals surface area contributed by atoms with Gasteiger partial charge in [-0.15, -0.1) is 0 Å². The fourth-order valence-electron chi connectivity index (χ4n) is 2.73. The summed E-state index contributed by atoms with van der Waals surface area (Å²) >= 11 is 3.42. The van der Waals surface area contributed by atoms with Gasteiger partial charge in [-0.3, -0.25) is 4.79 Å². The van der Waals surface area contributed by atoms with Crippen LogP contribution in [0, 0.1) is 0 Å². The van der Waals surface area contributed by atoms with Crippen LogP contribution in [-0.4, -0.2) is 19.0 Å². The first-order valence-corrected chi connectivity index (χ1v) is 9.74. The van der Waals surface area contributed by atoms with E-state index in [1.54, 1.807) is 19.2 Å². The van der Waals surface area contributed by atoms with E-state index >= 15 is 0 Å². The van der Waals surface area contributed by atoms with Gasteiger partial charge in [0.15, 0.2) is 5.43 Å². The molecular formula is C21H21BrO4. The van der Waals surface area contributed by atoms with Crippen molar-refractivity contribution < 1.29 is 13.9 Å². The van der Waals surface area contributed by atoms with Gasteiger partial charge in [-0.25, -0.2) is 0 Å². The molecule has 1 heterocycles. The highest BCUT2D eigenvalue weighted by atomic mass is 79.9. The third-order valence-electron chi connectivity index (χ3n) is 4.19. The molecule has 0 amide bonds. The number of methoxy groups -OCH3 is 1. The second-order valence-electron chi connectivity index (χ2n) is 5.96. The Morgan fingerprint density at radius 3 is 2.50 bits per heavy atom. The molecule has 3 aromatic rings. The summed E-state index contributed by atoms with van der Waals surface area (Å²) in [7, 11) is 1.61. The number of hydrogen-bond donors (Lipinski definition) is 0. The van der Waals surface area contributed by atoms with Crippen LogP contribution in [0.3, 0.4) is 0 Å². The van der Waals surface area contributed by atoms with E-state index in [0.717, 1.165) is 41.7 Å². The lowest BCUT2D eigenvalue weighted by atomic mass is 10.1. The summed E-state index contributed by atoms with van der Waals surface area (Å²) in [5.41, 5.74) is 1.81. The minimum absolute atomic E-state index is 0.0553. The van der Waals surface area contributed by atoms with Gasteiger partial charge in [0.1, 0.15) is 23.3 Å². The van der Waals surface area contributed by atoms with Crippen LogP contribution in [0.2, 0.25) is 0 Å². The van der Waals surface area contributed by atoms with E-state index in [1.165, 1.54) is 6.26 Å². The zero-order chi connectivity index (χ0) is 18.4.